The fourth-order valence-electron chi connectivity index (χ4n) is 7.31. The molecule has 0 amide bonds. The Hall–Kier alpha value is -1.08. The first-order chi connectivity index (χ1) is 11.4. The molecule has 4 saturated carbocycles. The monoisotopic (exact) mass is 321 g/mol. The topological polar surface area (TPSA) is 26.0 Å². The molecule has 4 atom stereocenters. The molecule has 0 spiro atoms. The molecule has 0 heterocycles. The first-order valence-corrected chi connectivity index (χ1v) is 9.97. The normalized spacial score (nSPS) is 45.8. The number of hydrogen-bond donors (Lipinski definition) is 1. The minimum Gasteiger partial charge on any atom is -0.325 e. The van der Waals surface area contributed by atoms with Crippen LogP contribution in [0.2, 0.25) is 0 Å². The Morgan fingerprint density at radius 2 is 1.71 bits per heavy atom. The molecule has 1 heteroatoms. The van der Waals surface area contributed by atoms with Gasteiger partial charge in [-0.2, -0.15) is 0 Å². The summed E-state index contributed by atoms with van der Waals surface area (Å²) in [5, 5.41) is 0. The number of rotatable bonds is 2. The highest BCUT2D eigenvalue weighted by Gasteiger charge is 2.62. The molecule has 5 aliphatic carbocycles. The van der Waals surface area contributed by atoms with Crippen molar-refractivity contribution in [3.8, 4) is 0 Å². The maximum atomic E-state index is 7.16. The molecule has 128 valence electrons. The van der Waals surface area contributed by atoms with Crippen molar-refractivity contribution in [3.63, 3.8) is 0 Å². The minimum absolute atomic E-state index is 0.0907. The van der Waals surface area contributed by atoms with Gasteiger partial charge in [-0.25, -0.2) is 0 Å². The van der Waals surface area contributed by atoms with Crippen molar-refractivity contribution in [3.05, 3.63) is 41.0 Å². The van der Waals surface area contributed by atoms with Crippen LogP contribution in [0.15, 0.2) is 29.8 Å². The standard InChI is InChI=1S/C23H31N/c1-14-15(2)21(20-7-5-4-6-19(14)20)13-22(3)18-9-16-8-17(10-18)12-23(22,24)11-16/h4-7,16-18,21H,8-13,24H2,1-3H3. The fourth-order valence-corrected chi connectivity index (χ4v) is 7.31. The smallest absolute Gasteiger partial charge is 0.0217 e. The summed E-state index contributed by atoms with van der Waals surface area (Å²) in [5.41, 5.74) is 13.7. The lowest BCUT2D eigenvalue weighted by Gasteiger charge is -2.66. The van der Waals surface area contributed by atoms with E-state index >= 15 is 0 Å². The van der Waals surface area contributed by atoms with Gasteiger partial charge in [0.1, 0.15) is 0 Å². The molecule has 4 bridgehead atoms. The second-order valence-electron chi connectivity index (χ2n) is 9.77. The maximum absolute atomic E-state index is 7.16. The molecule has 2 N–H and O–H groups in total. The van der Waals surface area contributed by atoms with Crippen molar-refractivity contribution >= 4 is 5.57 Å². The van der Waals surface area contributed by atoms with Gasteiger partial charge in [0.15, 0.2) is 0 Å². The van der Waals surface area contributed by atoms with Crippen LogP contribution < -0.4 is 5.73 Å². The highest BCUT2D eigenvalue weighted by molar-refractivity contribution is 5.76. The Kier molecular flexibility index (Phi) is 3.01. The maximum Gasteiger partial charge on any atom is 0.0217 e. The van der Waals surface area contributed by atoms with E-state index in [2.05, 4.69) is 45.0 Å². The molecule has 0 saturated heterocycles. The van der Waals surface area contributed by atoms with E-state index in [4.69, 9.17) is 5.73 Å². The van der Waals surface area contributed by atoms with E-state index in [-0.39, 0.29) is 5.54 Å². The molecule has 0 radical (unpaired) electrons. The molecule has 1 nitrogen and oxygen atoms in total. The van der Waals surface area contributed by atoms with Crippen LogP contribution >= 0.6 is 0 Å². The van der Waals surface area contributed by atoms with Crippen LogP contribution in [0.1, 0.15) is 76.3 Å². The van der Waals surface area contributed by atoms with Crippen molar-refractivity contribution in [2.75, 3.05) is 0 Å². The summed E-state index contributed by atoms with van der Waals surface area (Å²) in [5.74, 6) is 3.29. The predicted octanol–water partition coefficient (Wildman–Crippen LogP) is 5.51. The van der Waals surface area contributed by atoms with Gasteiger partial charge in [-0.1, -0.05) is 36.8 Å². The average Bonchev–Trinajstić information content (AvgIpc) is 2.77. The van der Waals surface area contributed by atoms with Gasteiger partial charge in [0.05, 0.1) is 0 Å². The summed E-state index contributed by atoms with van der Waals surface area (Å²) in [6, 6.07) is 9.08. The number of hydrogen-bond acceptors (Lipinski definition) is 1. The lowest BCUT2D eigenvalue weighted by atomic mass is 9.41. The zero-order valence-electron chi connectivity index (χ0n) is 15.4. The Bertz CT molecular complexity index is 715. The van der Waals surface area contributed by atoms with Gasteiger partial charge in [0.25, 0.3) is 0 Å². The number of benzene rings is 1. The van der Waals surface area contributed by atoms with Crippen molar-refractivity contribution < 1.29 is 0 Å². The van der Waals surface area contributed by atoms with E-state index in [1.165, 1.54) is 49.7 Å². The molecule has 4 fully saturated rings. The van der Waals surface area contributed by atoms with Crippen molar-refractivity contribution in [2.45, 2.75) is 70.8 Å². The van der Waals surface area contributed by atoms with Gasteiger partial charge in [-0.3, -0.25) is 0 Å². The summed E-state index contributed by atoms with van der Waals surface area (Å²) in [6.45, 7) is 7.23. The zero-order valence-corrected chi connectivity index (χ0v) is 15.4. The van der Waals surface area contributed by atoms with Crippen LogP contribution in [-0.2, 0) is 0 Å². The van der Waals surface area contributed by atoms with E-state index < -0.39 is 0 Å². The van der Waals surface area contributed by atoms with Crippen LogP contribution in [0.4, 0.5) is 0 Å². The van der Waals surface area contributed by atoms with Crippen LogP contribution in [0.3, 0.4) is 0 Å². The highest BCUT2D eigenvalue weighted by atomic mass is 14.9. The Morgan fingerprint density at radius 3 is 2.38 bits per heavy atom. The van der Waals surface area contributed by atoms with E-state index in [1.54, 1.807) is 11.1 Å². The Balaban J connectivity index is 1.54. The molecular weight excluding hydrogens is 290 g/mol. The Morgan fingerprint density at radius 1 is 1.04 bits per heavy atom. The quantitative estimate of drug-likeness (QED) is 0.763. The molecular formula is C23H31N. The van der Waals surface area contributed by atoms with Crippen LogP contribution in [-0.4, -0.2) is 5.54 Å². The molecule has 0 aromatic heterocycles. The lowest BCUT2D eigenvalue weighted by Crippen LogP contribution is -2.67. The number of fused-ring (bicyclic) bond motifs is 1. The lowest BCUT2D eigenvalue weighted by molar-refractivity contribution is -0.121. The molecule has 4 unspecified atom stereocenters. The molecule has 6 rings (SSSR count). The summed E-state index contributed by atoms with van der Waals surface area (Å²) in [7, 11) is 0. The highest BCUT2D eigenvalue weighted by Crippen LogP contribution is 2.66. The first kappa shape index (κ1) is 15.2. The third-order valence-corrected chi connectivity index (χ3v) is 8.73. The summed E-state index contributed by atoms with van der Waals surface area (Å²) in [6.07, 6.45) is 8.19. The van der Waals surface area contributed by atoms with Crippen LogP contribution in [0.5, 0.6) is 0 Å². The van der Waals surface area contributed by atoms with Gasteiger partial charge in [-0.05, 0) is 92.2 Å². The van der Waals surface area contributed by atoms with Crippen LogP contribution in [0, 0.1) is 23.2 Å². The molecule has 0 aliphatic heterocycles. The molecule has 1 aromatic carbocycles. The first-order valence-electron chi connectivity index (χ1n) is 9.97. The molecule has 24 heavy (non-hydrogen) atoms. The van der Waals surface area contributed by atoms with Crippen molar-refractivity contribution in [1.29, 1.82) is 0 Å². The second-order valence-corrected chi connectivity index (χ2v) is 9.77. The van der Waals surface area contributed by atoms with E-state index in [0.717, 1.165) is 17.8 Å². The third-order valence-electron chi connectivity index (χ3n) is 8.73. The average molecular weight is 322 g/mol. The third kappa shape index (κ3) is 1.80. The largest absolute Gasteiger partial charge is 0.325 e. The second kappa shape index (κ2) is 4.75. The summed E-state index contributed by atoms with van der Waals surface area (Å²) >= 11 is 0. The van der Waals surface area contributed by atoms with Gasteiger partial charge in [0, 0.05) is 11.5 Å². The van der Waals surface area contributed by atoms with Gasteiger partial charge in [-0.15, -0.1) is 0 Å². The zero-order chi connectivity index (χ0) is 16.7. The van der Waals surface area contributed by atoms with E-state index in [9.17, 15) is 0 Å². The van der Waals surface area contributed by atoms with E-state index in [1.807, 2.05) is 0 Å². The van der Waals surface area contributed by atoms with Gasteiger partial charge < -0.3 is 5.73 Å². The fraction of sp³-hybridized carbons (Fsp3) is 0.652. The van der Waals surface area contributed by atoms with Crippen molar-refractivity contribution in [2.24, 2.45) is 28.9 Å². The van der Waals surface area contributed by atoms with Gasteiger partial charge in [0.2, 0.25) is 0 Å². The van der Waals surface area contributed by atoms with Crippen LogP contribution in [0.25, 0.3) is 5.57 Å². The Labute approximate surface area is 146 Å². The summed E-state index contributed by atoms with van der Waals surface area (Å²) in [4.78, 5) is 0. The summed E-state index contributed by atoms with van der Waals surface area (Å²) < 4.78 is 0. The SMILES string of the molecule is CC1=C(C)C(CC2(C)C3CC4CC(C3)CC2(N)C4)c2ccccc21. The van der Waals surface area contributed by atoms with Gasteiger partial charge >= 0.3 is 0 Å². The molecule has 5 aliphatic rings. The number of nitrogens with two attached hydrogens (primary N) is 1. The minimum atomic E-state index is 0.0907. The predicted molar refractivity (Wildman–Crippen MR) is 101 cm³/mol. The van der Waals surface area contributed by atoms with Crippen molar-refractivity contribution in [1.82, 2.24) is 0 Å². The number of allylic oxidation sites excluding steroid dienone is 2. The van der Waals surface area contributed by atoms with E-state index in [0.29, 0.717) is 11.3 Å². The molecule has 1 aromatic rings.